The second-order valence-electron chi connectivity index (χ2n) is 7.55. The fourth-order valence-electron chi connectivity index (χ4n) is 3.95. The maximum Gasteiger partial charge on any atom is -0.172 e. The molecule has 2 aromatic carbocycles. The van der Waals surface area contributed by atoms with Crippen LogP contribution in [0.3, 0.4) is 0 Å². The Hall–Kier alpha value is 0.380. The van der Waals surface area contributed by atoms with Crippen LogP contribution in [0.5, 0.6) is 0 Å². The van der Waals surface area contributed by atoms with E-state index in [9.17, 15) is 0 Å². The Morgan fingerprint density at radius 1 is 0.741 bits per heavy atom. The topological polar surface area (TPSA) is 0 Å². The minimum atomic E-state index is 0. The molecule has 2 aromatic rings. The van der Waals surface area contributed by atoms with Crippen LogP contribution in [0.25, 0.3) is 0 Å². The van der Waals surface area contributed by atoms with Crippen molar-refractivity contribution in [2.45, 2.75) is 82.2 Å². The molecule has 4 heteroatoms. The molecule has 2 aliphatic rings. The first-order valence-electron chi connectivity index (χ1n) is 10.2. The normalized spacial score (nSPS) is 17.1. The van der Waals surface area contributed by atoms with E-state index in [-0.39, 0.29) is 30.2 Å². The minimum Gasteiger partial charge on any atom is -0.214 e. The Balaban J connectivity index is 0.000000433. The third kappa shape index (κ3) is 11.8. The summed E-state index contributed by atoms with van der Waals surface area (Å²) < 4.78 is 0. The van der Waals surface area contributed by atoms with E-state index in [2.05, 4.69) is 19.1 Å². The van der Waals surface area contributed by atoms with E-state index < -0.39 is 0 Å². The molecule has 0 atom stereocenters. The summed E-state index contributed by atoms with van der Waals surface area (Å²) in [6.45, 7) is 2.08. The second kappa shape index (κ2) is 17.3. The fraction of sp³-hybridized carbons (Fsp3) is 0.565. The predicted molar refractivity (Wildman–Crippen MR) is 108 cm³/mol. The summed E-state index contributed by atoms with van der Waals surface area (Å²) in [5.41, 5.74) is 3.90. The zero-order valence-electron chi connectivity index (χ0n) is 16.7. The molecule has 0 saturated heterocycles. The molecule has 0 aromatic heterocycles. The SMILES string of the molecule is C[c-]1cccc1.[Cl-].[Cl-].[Zr+2]=[Si](C1CCCCC1)C1CCCCC1.c1cc[cH-]c1. The van der Waals surface area contributed by atoms with Gasteiger partial charge >= 0.3 is 104 Å². The van der Waals surface area contributed by atoms with E-state index in [1.807, 2.05) is 65.8 Å². The predicted octanol–water partition coefficient (Wildman–Crippen LogP) is 1.32. The van der Waals surface area contributed by atoms with Crippen LogP contribution < -0.4 is 24.8 Å². The van der Waals surface area contributed by atoms with Crippen LogP contribution in [-0.4, -0.2) is 5.43 Å². The van der Waals surface area contributed by atoms with Gasteiger partial charge in [0.25, 0.3) is 0 Å². The molecule has 0 bridgehead atoms. The van der Waals surface area contributed by atoms with E-state index in [1.165, 1.54) is 29.5 Å². The largest absolute Gasteiger partial charge is 0.214 e. The van der Waals surface area contributed by atoms with Crippen molar-refractivity contribution in [3.05, 3.63) is 60.2 Å². The van der Waals surface area contributed by atoms with Crippen LogP contribution in [0, 0.1) is 6.92 Å². The number of aryl methyl sites for hydroxylation is 1. The summed E-state index contributed by atoms with van der Waals surface area (Å²) in [6.07, 6.45) is 15.7. The monoisotopic (exact) mass is 498 g/mol. The smallest absolute Gasteiger partial charge is 0.172 e. The third-order valence-corrected chi connectivity index (χ3v) is 14.4. The standard InChI is InChI=1S/C12H22Si.C6H7.C5H5.2ClH.Zr/c1-3-7-11(8-4-1)13-12-9-5-2-6-10-12;1-6-4-2-3-5-6;1-2-4-5-3-1;;;/h11-12H,1-10H2;2-5H,1H3;1-5H;2*1H;/q;2*-1;;;+2/p-2. The van der Waals surface area contributed by atoms with Crippen molar-refractivity contribution >= 4 is 5.43 Å². The molecular formula is C23H34Cl2SiZr-2. The van der Waals surface area contributed by atoms with Crippen LogP contribution in [0.2, 0.25) is 11.1 Å². The van der Waals surface area contributed by atoms with Crippen LogP contribution in [-0.2, 0) is 23.3 Å². The van der Waals surface area contributed by atoms with Crippen molar-refractivity contribution in [1.29, 1.82) is 0 Å². The summed E-state index contributed by atoms with van der Waals surface area (Å²) in [4.78, 5) is 0. The zero-order valence-corrected chi connectivity index (χ0v) is 21.6. The summed E-state index contributed by atoms with van der Waals surface area (Å²) in [6, 6.07) is 18.2. The van der Waals surface area contributed by atoms with Gasteiger partial charge in [0.2, 0.25) is 0 Å². The quantitative estimate of drug-likeness (QED) is 0.431. The molecule has 27 heavy (non-hydrogen) atoms. The summed E-state index contributed by atoms with van der Waals surface area (Å²) in [5, 5.41) is 0. The van der Waals surface area contributed by atoms with Crippen molar-refractivity contribution in [2.24, 2.45) is 0 Å². The van der Waals surface area contributed by atoms with Gasteiger partial charge in [-0.05, 0) is 0 Å². The van der Waals surface area contributed by atoms with E-state index in [4.69, 9.17) is 0 Å². The molecule has 0 N–H and O–H groups in total. The van der Waals surface area contributed by atoms with Crippen LogP contribution in [0.15, 0.2) is 54.6 Å². The molecule has 2 aliphatic carbocycles. The molecule has 0 aliphatic heterocycles. The van der Waals surface area contributed by atoms with Gasteiger partial charge in [0.15, 0.2) is 0 Å². The van der Waals surface area contributed by atoms with E-state index >= 15 is 0 Å². The molecule has 2 fully saturated rings. The van der Waals surface area contributed by atoms with Gasteiger partial charge in [-0.25, -0.2) is 24.3 Å². The van der Waals surface area contributed by atoms with Gasteiger partial charge in [-0.3, -0.25) is 0 Å². The molecule has 0 nitrogen and oxygen atoms in total. The van der Waals surface area contributed by atoms with Gasteiger partial charge in [-0.1, -0.05) is 6.92 Å². The maximum absolute atomic E-state index is 2.08. The van der Waals surface area contributed by atoms with Gasteiger partial charge < -0.3 is 24.8 Å². The average Bonchev–Trinajstić information content (AvgIpc) is 3.40. The van der Waals surface area contributed by atoms with E-state index in [1.54, 1.807) is 51.4 Å². The molecule has 0 unspecified atom stereocenters. The van der Waals surface area contributed by atoms with Crippen molar-refractivity contribution in [3.8, 4) is 0 Å². The molecule has 2 saturated carbocycles. The molecule has 0 radical (unpaired) electrons. The van der Waals surface area contributed by atoms with Crippen LogP contribution in [0.4, 0.5) is 0 Å². The van der Waals surface area contributed by atoms with E-state index in [0.29, 0.717) is 0 Å². The number of halogens is 2. The third-order valence-electron chi connectivity index (χ3n) is 5.47. The minimum absolute atomic E-state index is 0. The zero-order chi connectivity index (χ0) is 17.7. The van der Waals surface area contributed by atoms with Gasteiger partial charge in [0, 0.05) is 0 Å². The molecular weight excluding hydrogens is 466 g/mol. The molecule has 0 spiro atoms. The first kappa shape index (κ1) is 27.4. The van der Waals surface area contributed by atoms with Gasteiger partial charge in [0.1, 0.15) is 0 Å². The maximum atomic E-state index is 2.08. The molecule has 150 valence electrons. The van der Waals surface area contributed by atoms with Crippen molar-refractivity contribution in [1.82, 2.24) is 0 Å². The second-order valence-corrected chi connectivity index (χ2v) is 14.4. The average molecular weight is 501 g/mol. The summed E-state index contributed by atoms with van der Waals surface area (Å²) in [5.74, 6) is 0. The Morgan fingerprint density at radius 2 is 1.15 bits per heavy atom. The number of hydrogen-bond donors (Lipinski definition) is 0. The Kier molecular flexibility index (Phi) is 17.5. The Labute approximate surface area is 194 Å². The number of hydrogen-bond acceptors (Lipinski definition) is 0. The molecule has 4 rings (SSSR count). The van der Waals surface area contributed by atoms with Gasteiger partial charge in [0.05, 0.1) is 0 Å². The number of rotatable bonds is 2. The first-order chi connectivity index (χ1) is 12.3. The Bertz CT molecular complexity index is 502. The van der Waals surface area contributed by atoms with Crippen molar-refractivity contribution < 1.29 is 48.1 Å². The van der Waals surface area contributed by atoms with Crippen LogP contribution >= 0.6 is 0 Å². The van der Waals surface area contributed by atoms with Gasteiger partial charge in [-0.15, -0.1) is 0 Å². The summed E-state index contributed by atoms with van der Waals surface area (Å²) in [7, 11) is 0. The van der Waals surface area contributed by atoms with E-state index in [0.717, 1.165) is 0 Å². The summed E-state index contributed by atoms with van der Waals surface area (Å²) >= 11 is 1.95. The van der Waals surface area contributed by atoms with Gasteiger partial charge in [-0.2, -0.15) is 35.9 Å². The first-order valence-corrected chi connectivity index (χ1v) is 15.5. The molecule has 0 heterocycles. The van der Waals surface area contributed by atoms with Crippen LogP contribution in [0.1, 0.15) is 69.8 Å². The fourth-order valence-corrected chi connectivity index (χ4v) is 10.9. The van der Waals surface area contributed by atoms with Crippen molar-refractivity contribution in [3.63, 3.8) is 0 Å². The Morgan fingerprint density at radius 3 is 1.41 bits per heavy atom. The van der Waals surface area contributed by atoms with Crippen molar-refractivity contribution in [2.75, 3.05) is 0 Å². The molecule has 0 amide bonds.